The predicted molar refractivity (Wildman–Crippen MR) is 120 cm³/mol. The van der Waals surface area contributed by atoms with Gasteiger partial charge in [0, 0.05) is 59.9 Å². The Morgan fingerprint density at radius 2 is 1.71 bits per heavy atom. The van der Waals surface area contributed by atoms with Crippen molar-refractivity contribution in [2.45, 2.75) is 0 Å². The van der Waals surface area contributed by atoms with E-state index < -0.39 is 0 Å². The summed E-state index contributed by atoms with van der Waals surface area (Å²) in [5.41, 5.74) is 4.97. The Morgan fingerprint density at radius 3 is 2.48 bits per heavy atom. The fourth-order valence-corrected chi connectivity index (χ4v) is 4.26. The number of rotatable bonds is 6. The molecule has 1 fully saturated rings. The molecule has 0 radical (unpaired) electrons. The molecule has 0 N–H and O–H groups in total. The number of carbonyl (C=O) groups excluding carboxylic acids is 1. The van der Waals surface area contributed by atoms with Gasteiger partial charge < -0.3 is 9.47 Å². The molecule has 156 valence electrons. The first-order valence-corrected chi connectivity index (χ1v) is 10.6. The molecule has 0 unspecified atom stereocenters. The molecule has 1 aromatic heterocycles. The Labute approximate surface area is 181 Å². The zero-order valence-electron chi connectivity index (χ0n) is 17.3. The number of nitrogens with zero attached hydrogens (tertiary/aromatic N) is 2. The van der Waals surface area contributed by atoms with E-state index in [0.717, 1.165) is 60.9 Å². The van der Waals surface area contributed by atoms with Crippen LogP contribution in [0.4, 0.5) is 0 Å². The van der Waals surface area contributed by atoms with Crippen LogP contribution in [0, 0.1) is 0 Å². The third-order valence-corrected chi connectivity index (χ3v) is 5.78. The number of ketones is 1. The second-order valence-electron chi connectivity index (χ2n) is 7.67. The van der Waals surface area contributed by atoms with Gasteiger partial charge in [0.25, 0.3) is 0 Å². The molecule has 0 bridgehead atoms. The molecule has 0 atom stereocenters. The van der Waals surface area contributed by atoms with E-state index in [1.807, 2.05) is 60.7 Å². The van der Waals surface area contributed by atoms with Crippen LogP contribution in [0.15, 0.2) is 73.1 Å². The number of aromatic nitrogens is 1. The van der Waals surface area contributed by atoms with Crippen molar-refractivity contribution in [1.29, 1.82) is 0 Å². The molecule has 2 aliphatic rings. The first-order chi connectivity index (χ1) is 15.3. The summed E-state index contributed by atoms with van der Waals surface area (Å²) in [6.45, 7) is 4.79. The van der Waals surface area contributed by atoms with Crippen LogP contribution < -0.4 is 4.74 Å². The molecule has 2 aromatic carbocycles. The zero-order valence-corrected chi connectivity index (χ0v) is 17.3. The lowest BCUT2D eigenvalue weighted by Crippen LogP contribution is -2.38. The van der Waals surface area contributed by atoms with Gasteiger partial charge in [-0.3, -0.25) is 14.7 Å². The molecule has 5 rings (SSSR count). The van der Waals surface area contributed by atoms with Crippen molar-refractivity contribution >= 4 is 16.9 Å². The molecule has 1 saturated heterocycles. The number of fused-ring (bicyclic) bond motifs is 1. The molecule has 0 saturated carbocycles. The Balaban J connectivity index is 1.54. The molecule has 1 aliphatic heterocycles. The van der Waals surface area contributed by atoms with Gasteiger partial charge in [0.2, 0.25) is 0 Å². The lowest BCUT2D eigenvalue weighted by Gasteiger charge is -2.26. The second kappa shape index (κ2) is 8.84. The van der Waals surface area contributed by atoms with Gasteiger partial charge in [0.05, 0.1) is 13.2 Å². The van der Waals surface area contributed by atoms with Crippen LogP contribution in [0.5, 0.6) is 5.75 Å². The van der Waals surface area contributed by atoms with Crippen molar-refractivity contribution in [2.75, 3.05) is 39.5 Å². The molecule has 0 spiro atoms. The van der Waals surface area contributed by atoms with Crippen molar-refractivity contribution in [2.24, 2.45) is 0 Å². The smallest absolute Gasteiger partial charge is 0.195 e. The minimum absolute atomic E-state index is 0.0143. The number of carbonyl (C=O) groups is 1. The van der Waals surface area contributed by atoms with E-state index in [1.54, 1.807) is 12.4 Å². The highest BCUT2D eigenvalue weighted by Crippen LogP contribution is 2.46. The van der Waals surface area contributed by atoms with E-state index in [2.05, 4.69) is 9.88 Å². The Bertz CT molecular complexity index is 1100. The Hall–Kier alpha value is -3.28. The van der Waals surface area contributed by atoms with E-state index in [4.69, 9.17) is 9.47 Å². The summed E-state index contributed by atoms with van der Waals surface area (Å²) in [7, 11) is 0. The zero-order chi connectivity index (χ0) is 21.0. The maximum Gasteiger partial charge on any atom is 0.195 e. The van der Waals surface area contributed by atoms with E-state index in [0.29, 0.717) is 17.7 Å². The molecule has 0 amide bonds. The first kappa shape index (κ1) is 19.7. The predicted octanol–water partition coefficient (Wildman–Crippen LogP) is 3.95. The van der Waals surface area contributed by atoms with E-state index in [9.17, 15) is 4.79 Å². The van der Waals surface area contributed by atoms with Crippen molar-refractivity contribution < 1.29 is 14.3 Å². The maximum absolute atomic E-state index is 13.5. The van der Waals surface area contributed by atoms with Crippen LogP contribution in [-0.2, 0) is 4.74 Å². The number of hydrogen-bond donors (Lipinski definition) is 0. The standard InChI is InChI=1S/C26H24N2O3/c29-26-21-9-4-10-22(31-17-14-28-12-15-30-16-13-28)25(21)23(19-6-2-1-3-7-19)24(26)20-8-5-11-27-18-20/h1-11,18H,12-17H2. The quantitative estimate of drug-likeness (QED) is 0.614. The van der Waals surface area contributed by atoms with Crippen molar-refractivity contribution in [1.82, 2.24) is 9.88 Å². The Morgan fingerprint density at radius 1 is 0.903 bits per heavy atom. The third-order valence-electron chi connectivity index (χ3n) is 5.78. The van der Waals surface area contributed by atoms with Gasteiger partial charge >= 0.3 is 0 Å². The van der Waals surface area contributed by atoms with E-state index in [-0.39, 0.29) is 5.78 Å². The fourth-order valence-electron chi connectivity index (χ4n) is 4.26. The highest BCUT2D eigenvalue weighted by atomic mass is 16.5. The van der Waals surface area contributed by atoms with E-state index in [1.165, 1.54) is 0 Å². The minimum Gasteiger partial charge on any atom is -0.492 e. The van der Waals surface area contributed by atoms with Crippen LogP contribution in [-0.4, -0.2) is 55.1 Å². The first-order valence-electron chi connectivity index (χ1n) is 10.6. The number of pyridine rings is 1. The second-order valence-corrected chi connectivity index (χ2v) is 7.67. The lowest BCUT2D eigenvalue weighted by atomic mass is 9.94. The van der Waals surface area contributed by atoms with Crippen LogP contribution in [0.3, 0.4) is 0 Å². The van der Waals surface area contributed by atoms with Gasteiger partial charge in [0.15, 0.2) is 5.78 Å². The molecular formula is C26H24N2O3. The number of ether oxygens (including phenoxy) is 2. The van der Waals surface area contributed by atoms with Crippen molar-refractivity contribution in [3.63, 3.8) is 0 Å². The summed E-state index contributed by atoms with van der Waals surface area (Å²) in [4.78, 5) is 20.1. The Kier molecular flexibility index (Phi) is 5.61. The van der Waals surface area contributed by atoms with Gasteiger partial charge in [-0.25, -0.2) is 0 Å². The topological polar surface area (TPSA) is 51.7 Å². The van der Waals surface area contributed by atoms with Gasteiger partial charge in [-0.05, 0) is 17.7 Å². The number of Topliss-reactive ketones (excluding diaryl/α,β-unsaturated/α-hetero) is 1. The van der Waals surface area contributed by atoms with Gasteiger partial charge in [-0.15, -0.1) is 0 Å². The summed E-state index contributed by atoms with van der Waals surface area (Å²) in [6.07, 6.45) is 3.47. The van der Waals surface area contributed by atoms with Crippen molar-refractivity contribution in [3.8, 4) is 5.75 Å². The summed E-state index contributed by atoms with van der Waals surface area (Å²) >= 11 is 0. The van der Waals surface area contributed by atoms with Crippen LogP contribution in [0.2, 0.25) is 0 Å². The van der Waals surface area contributed by atoms with Gasteiger partial charge in [-0.2, -0.15) is 0 Å². The molecule has 31 heavy (non-hydrogen) atoms. The molecule has 1 aliphatic carbocycles. The average molecular weight is 412 g/mol. The lowest BCUT2D eigenvalue weighted by molar-refractivity contribution is 0.0322. The van der Waals surface area contributed by atoms with Crippen LogP contribution >= 0.6 is 0 Å². The summed E-state index contributed by atoms with van der Waals surface area (Å²) in [5, 5.41) is 0. The molecule has 5 heteroatoms. The van der Waals surface area contributed by atoms with Gasteiger partial charge in [0.1, 0.15) is 12.4 Å². The van der Waals surface area contributed by atoms with Gasteiger partial charge in [-0.1, -0.05) is 48.5 Å². The number of allylic oxidation sites excluding steroid dienone is 1. The molecule has 3 aromatic rings. The highest BCUT2D eigenvalue weighted by Gasteiger charge is 2.34. The molecule has 2 heterocycles. The summed E-state index contributed by atoms with van der Waals surface area (Å²) in [5.74, 6) is 0.761. The number of hydrogen-bond acceptors (Lipinski definition) is 5. The normalized spacial score (nSPS) is 16.5. The molecular weight excluding hydrogens is 388 g/mol. The summed E-state index contributed by atoms with van der Waals surface area (Å²) < 4.78 is 11.7. The highest BCUT2D eigenvalue weighted by molar-refractivity contribution is 6.41. The van der Waals surface area contributed by atoms with Crippen LogP contribution in [0.25, 0.3) is 11.1 Å². The van der Waals surface area contributed by atoms with Crippen molar-refractivity contribution in [3.05, 3.63) is 95.3 Å². The molecule has 5 nitrogen and oxygen atoms in total. The van der Waals surface area contributed by atoms with Crippen LogP contribution in [0.1, 0.15) is 27.0 Å². The average Bonchev–Trinajstić information content (AvgIpc) is 3.14. The fraction of sp³-hybridized carbons (Fsp3) is 0.231. The maximum atomic E-state index is 13.5. The minimum atomic E-state index is 0.0143. The SMILES string of the molecule is O=C1C(c2cccnc2)=C(c2ccccc2)c2c(OCCN3CCOCC3)cccc21. The third kappa shape index (κ3) is 3.90. The van der Waals surface area contributed by atoms with E-state index >= 15 is 0 Å². The largest absolute Gasteiger partial charge is 0.492 e. The summed E-state index contributed by atoms with van der Waals surface area (Å²) in [6, 6.07) is 19.6. The monoisotopic (exact) mass is 412 g/mol. The number of morpholine rings is 1. The number of benzene rings is 2.